The van der Waals surface area contributed by atoms with Crippen molar-refractivity contribution in [2.45, 2.75) is 24.3 Å². The molecule has 0 radical (unpaired) electrons. The van der Waals surface area contributed by atoms with Gasteiger partial charge in [-0.15, -0.1) is 0 Å². The van der Waals surface area contributed by atoms with Gasteiger partial charge in [0.25, 0.3) is 0 Å². The quantitative estimate of drug-likeness (QED) is 0.735. The summed E-state index contributed by atoms with van der Waals surface area (Å²) in [4.78, 5) is 12.0. The van der Waals surface area contributed by atoms with E-state index in [0.717, 1.165) is 4.31 Å². The Hall–Kier alpha value is -0.870. The zero-order chi connectivity index (χ0) is 18.8. The van der Waals surface area contributed by atoms with Crippen molar-refractivity contribution in [3.05, 3.63) is 28.2 Å². The number of sulfonamides is 1. The second-order valence-corrected chi connectivity index (χ2v) is 10.7. The molecular formula is C14H18Cl2N2O5S2. The van der Waals surface area contributed by atoms with Gasteiger partial charge >= 0.3 is 0 Å². The monoisotopic (exact) mass is 428 g/mol. The van der Waals surface area contributed by atoms with E-state index in [2.05, 4.69) is 5.32 Å². The summed E-state index contributed by atoms with van der Waals surface area (Å²) in [5.41, 5.74) is 0. The van der Waals surface area contributed by atoms with Crippen LogP contribution in [0.2, 0.25) is 10.0 Å². The average Bonchev–Trinajstić information content (AvgIpc) is 2.85. The van der Waals surface area contributed by atoms with Crippen LogP contribution < -0.4 is 5.32 Å². The van der Waals surface area contributed by atoms with E-state index in [9.17, 15) is 21.6 Å². The van der Waals surface area contributed by atoms with Gasteiger partial charge in [-0.2, -0.15) is 4.31 Å². The minimum atomic E-state index is -4.02. The molecule has 7 nitrogen and oxygen atoms in total. The van der Waals surface area contributed by atoms with Gasteiger partial charge in [0.1, 0.15) is 4.90 Å². The minimum absolute atomic E-state index is 0.00476. The van der Waals surface area contributed by atoms with E-state index in [1.165, 1.54) is 18.2 Å². The number of benzene rings is 1. The maximum Gasteiger partial charge on any atom is 0.245 e. The van der Waals surface area contributed by atoms with Gasteiger partial charge in [-0.3, -0.25) is 4.79 Å². The Balaban J connectivity index is 2.13. The molecule has 0 aliphatic carbocycles. The number of amides is 1. The lowest BCUT2D eigenvalue weighted by molar-refractivity contribution is -0.121. The molecule has 1 aliphatic rings. The van der Waals surface area contributed by atoms with Crippen LogP contribution in [0.15, 0.2) is 23.1 Å². The highest BCUT2D eigenvalue weighted by Gasteiger charge is 2.31. The normalized spacial score (nSPS) is 19.9. The molecule has 1 aliphatic heterocycles. The van der Waals surface area contributed by atoms with Crippen LogP contribution in [0.1, 0.15) is 13.3 Å². The number of hydrogen-bond acceptors (Lipinski definition) is 5. The van der Waals surface area contributed by atoms with Crippen LogP contribution in [0.5, 0.6) is 0 Å². The molecular weight excluding hydrogens is 411 g/mol. The number of likely N-dealkylation sites (N-methyl/N-ethyl adjacent to an activating group) is 1. The van der Waals surface area contributed by atoms with Crippen LogP contribution in [0, 0.1) is 0 Å². The van der Waals surface area contributed by atoms with E-state index in [4.69, 9.17) is 23.2 Å². The highest BCUT2D eigenvalue weighted by molar-refractivity contribution is 7.91. The second kappa shape index (κ2) is 7.79. The van der Waals surface area contributed by atoms with E-state index < -0.39 is 38.4 Å². The van der Waals surface area contributed by atoms with E-state index in [1.54, 1.807) is 6.92 Å². The molecule has 2 rings (SSSR count). The Labute approximate surface area is 157 Å². The molecule has 1 N–H and O–H groups in total. The number of carbonyl (C=O) groups is 1. The maximum absolute atomic E-state index is 12.7. The van der Waals surface area contributed by atoms with Crippen LogP contribution in [-0.4, -0.2) is 57.7 Å². The fourth-order valence-corrected chi connectivity index (χ4v) is 6.34. The van der Waals surface area contributed by atoms with Crippen LogP contribution in [-0.2, 0) is 24.7 Å². The summed E-state index contributed by atoms with van der Waals surface area (Å²) in [7, 11) is -7.15. The summed E-state index contributed by atoms with van der Waals surface area (Å²) in [6, 6.07) is 3.57. The van der Waals surface area contributed by atoms with E-state index in [0.29, 0.717) is 6.42 Å². The summed E-state index contributed by atoms with van der Waals surface area (Å²) < 4.78 is 49.3. The van der Waals surface area contributed by atoms with Gasteiger partial charge in [0, 0.05) is 17.6 Å². The predicted molar refractivity (Wildman–Crippen MR) is 96.1 cm³/mol. The fourth-order valence-electron chi connectivity index (χ4n) is 2.52. The summed E-state index contributed by atoms with van der Waals surface area (Å²) >= 11 is 11.8. The number of carbonyl (C=O) groups excluding carboxylic acids is 1. The number of nitrogens with zero attached hydrogens (tertiary/aromatic N) is 1. The lowest BCUT2D eigenvalue weighted by Gasteiger charge is -2.21. The SMILES string of the molecule is CCN(CC(=O)N[C@H]1CCS(=O)(=O)C1)S(=O)(=O)c1cc(Cl)ccc1Cl. The van der Waals surface area contributed by atoms with Gasteiger partial charge in [-0.1, -0.05) is 30.1 Å². The van der Waals surface area contributed by atoms with Gasteiger partial charge in [0.2, 0.25) is 15.9 Å². The van der Waals surface area contributed by atoms with Gasteiger partial charge in [0.05, 0.1) is 23.1 Å². The number of rotatable bonds is 6. The summed E-state index contributed by atoms with van der Waals surface area (Å²) in [6.07, 6.45) is 0.326. The topological polar surface area (TPSA) is 101 Å². The number of halogens is 2. The van der Waals surface area contributed by atoms with Crippen LogP contribution in [0.25, 0.3) is 0 Å². The number of hydrogen-bond donors (Lipinski definition) is 1. The summed E-state index contributed by atoms with van der Waals surface area (Å²) in [5.74, 6) is -0.672. The lowest BCUT2D eigenvalue weighted by atomic mass is 10.2. The fraction of sp³-hybridized carbons (Fsp3) is 0.500. The van der Waals surface area contributed by atoms with Crippen molar-refractivity contribution in [3.8, 4) is 0 Å². The highest BCUT2D eigenvalue weighted by Crippen LogP contribution is 2.27. The molecule has 1 atom stereocenters. The molecule has 0 spiro atoms. The molecule has 140 valence electrons. The van der Waals surface area contributed by atoms with Crippen LogP contribution in [0.3, 0.4) is 0 Å². The van der Waals surface area contributed by atoms with Gasteiger partial charge in [-0.25, -0.2) is 16.8 Å². The van der Waals surface area contributed by atoms with Gasteiger partial charge in [0.15, 0.2) is 9.84 Å². The average molecular weight is 429 g/mol. The number of nitrogens with one attached hydrogen (secondary N) is 1. The predicted octanol–water partition coefficient (Wildman–Crippen LogP) is 1.31. The molecule has 11 heteroatoms. The van der Waals surface area contributed by atoms with E-state index in [-0.39, 0.29) is 33.0 Å². The Kier molecular flexibility index (Phi) is 6.37. The first-order valence-electron chi connectivity index (χ1n) is 7.50. The van der Waals surface area contributed by atoms with Crippen molar-refractivity contribution in [1.29, 1.82) is 0 Å². The Morgan fingerprint density at radius 2 is 2.04 bits per heavy atom. The first kappa shape index (κ1) is 20.4. The third-order valence-corrected chi connectivity index (χ3v) is 8.19. The Morgan fingerprint density at radius 1 is 1.36 bits per heavy atom. The summed E-state index contributed by atoms with van der Waals surface area (Å²) in [6.45, 7) is 1.20. The zero-order valence-corrected chi connectivity index (χ0v) is 16.6. The molecule has 1 aromatic carbocycles. The molecule has 25 heavy (non-hydrogen) atoms. The molecule has 1 heterocycles. The summed E-state index contributed by atoms with van der Waals surface area (Å²) in [5, 5.41) is 2.78. The van der Waals surface area contributed by atoms with E-state index >= 15 is 0 Å². The molecule has 0 aromatic heterocycles. The lowest BCUT2D eigenvalue weighted by Crippen LogP contribution is -2.44. The maximum atomic E-state index is 12.7. The first-order chi connectivity index (χ1) is 11.5. The van der Waals surface area contributed by atoms with Crippen molar-refractivity contribution < 1.29 is 21.6 Å². The Morgan fingerprint density at radius 3 is 2.60 bits per heavy atom. The first-order valence-corrected chi connectivity index (χ1v) is 11.5. The smallest absolute Gasteiger partial charge is 0.245 e. The van der Waals surface area contributed by atoms with Crippen molar-refractivity contribution in [2.75, 3.05) is 24.6 Å². The highest BCUT2D eigenvalue weighted by atomic mass is 35.5. The third kappa shape index (κ3) is 5.07. The number of sulfone groups is 1. The standard InChI is InChI=1S/C14H18Cl2N2O5S2/c1-2-18(8-14(19)17-11-5-6-24(20,21)9-11)25(22,23)13-7-10(15)3-4-12(13)16/h3-4,7,11H,2,5-6,8-9H2,1H3,(H,17,19)/t11-/m0/s1. The molecule has 1 amide bonds. The van der Waals surface area contributed by atoms with E-state index in [1.807, 2.05) is 0 Å². The van der Waals surface area contributed by atoms with Gasteiger partial charge in [-0.05, 0) is 24.6 Å². The molecule has 0 bridgehead atoms. The largest absolute Gasteiger partial charge is 0.351 e. The van der Waals surface area contributed by atoms with Crippen molar-refractivity contribution >= 4 is 49.0 Å². The zero-order valence-electron chi connectivity index (χ0n) is 13.4. The van der Waals surface area contributed by atoms with Gasteiger partial charge < -0.3 is 5.32 Å². The molecule has 0 unspecified atom stereocenters. The third-order valence-electron chi connectivity index (χ3n) is 3.78. The van der Waals surface area contributed by atoms with Crippen LogP contribution in [0.4, 0.5) is 0 Å². The van der Waals surface area contributed by atoms with Crippen molar-refractivity contribution in [2.24, 2.45) is 0 Å². The molecule has 1 saturated heterocycles. The molecule has 1 fully saturated rings. The molecule has 0 saturated carbocycles. The Bertz CT molecular complexity index is 871. The second-order valence-electron chi connectivity index (χ2n) is 5.67. The minimum Gasteiger partial charge on any atom is -0.351 e. The van der Waals surface area contributed by atoms with Crippen LogP contribution >= 0.6 is 23.2 Å². The molecule has 1 aromatic rings. The van der Waals surface area contributed by atoms with Crippen molar-refractivity contribution in [1.82, 2.24) is 9.62 Å². The van der Waals surface area contributed by atoms with Crippen molar-refractivity contribution in [3.63, 3.8) is 0 Å².